The molecular weight excluding hydrogens is 580 g/mol. The minimum absolute atomic E-state index is 0.128. The van der Waals surface area contributed by atoms with Gasteiger partial charge in [0.25, 0.3) is 11.8 Å². The van der Waals surface area contributed by atoms with Crippen molar-refractivity contribution in [3.8, 4) is 0 Å². The topological polar surface area (TPSA) is 139 Å². The summed E-state index contributed by atoms with van der Waals surface area (Å²) in [5, 5.41) is 7.72. The van der Waals surface area contributed by atoms with Gasteiger partial charge < -0.3 is 21.3 Å². The van der Waals surface area contributed by atoms with Gasteiger partial charge in [-0.25, -0.2) is 0 Å². The zero-order valence-electron chi connectivity index (χ0n) is 26.6. The van der Waals surface area contributed by atoms with Gasteiger partial charge in [0, 0.05) is 18.0 Å². The van der Waals surface area contributed by atoms with E-state index in [2.05, 4.69) is 10.6 Å². The molecule has 1 aliphatic heterocycles. The predicted molar refractivity (Wildman–Crippen MR) is 177 cm³/mol. The largest absolute Gasteiger partial charge is 0.363 e. The molecule has 0 bridgehead atoms. The Morgan fingerprint density at radius 2 is 1.52 bits per heavy atom. The van der Waals surface area contributed by atoms with Crippen LogP contribution < -0.4 is 16.4 Å². The summed E-state index contributed by atoms with van der Waals surface area (Å²) < 4.78 is 0. The quantitative estimate of drug-likeness (QED) is 0.270. The molecule has 2 aliphatic rings. The van der Waals surface area contributed by atoms with Gasteiger partial charge in [-0.15, -0.1) is 0 Å². The molecule has 0 radical (unpaired) electrons. The molecule has 4 N–H and O–H groups in total. The Balaban J connectivity index is 1.44. The minimum atomic E-state index is -1.12. The van der Waals surface area contributed by atoms with E-state index in [9.17, 15) is 24.0 Å². The van der Waals surface area contributed by atoms with E-state index in [4.69, 9.17) is 5.73 Å². The Labute approximate surface area is 270 Å². The molecule has 1 unspecified atom stereocenters. The molecule has 3 aromatic rings. The van der Waals surface area contributed by atoms with Crippen molar-refractivity contribution in [2.75, 3.05) is 6.54 Å². The Morgan fingerprint density at radius 3 is 2.20 bits per heavy atom. The Kier molecular flexibility index (Phi) is 10.5. The molecular formula is C37H44N4O5. The molecule has 1 aliphatic carbocycles. The van der Waals surface area contributed by atoms with Gasteiger partial charge in [-0.2, -0.15) is 0 Å². The van der Waals surface area contributed by atoms with E-state index in [1.807, 2.05) is 66.7 Å². The van der Waals surface area contributed by atoms with Crippen molar-refractivity contribution < 1.29 is 24.0 Å². The van der Waals surface area contributed by atoms with Crippen LogP contribution in [0.15, 0.2) is 72.8 Å². The average molecular weight is 625 g/mol. The summed E-state index contributed by atoms with van der Waals surface area (Å²) in [7, 11) is 0. The third-order valence-corrected chi connectivity index (χ3v) is 9.56. The second-order valence-electron chi connectivity index (χ2n) is 13.1. The number of benzene rings is 3. The third kappa shape index (κ3) is 7.63. The molecule has 9 nitrogen and oxygen atoms in total. The summed E-state index contributed by atoms with van der Waals surface area (Å²) in [6.07, 6.45) is 6.11. The first-order chi connectivity index (χ1) is 22.1. The Bertz CT molecular complexity index is 1580. The number of likely N-dealkylation sites (tertiary alicyclic amines) is 1. The van der Waals surface area contributed by atoms with Crippen molar-refractivity contribution >= 4 is 40.2 Å². The first-order valence-corrected chi connectivity index (χ1v) is 16.4. The first kappa shape index (κ1) is 32.9. The van der Waals surface area contributed by atoms with E-state index >= 15 is 0 Å². The Morgan fingerprint density at radius 1 is 0.848 bits per heavy atom. The number of nitrogens with one attached hydrogen (secondary N) is 2. The maximum absolute atomic E-state index is 14.5. The van der Waals surface area contributed by atoms with Gasteiger partial charge in [0.1, 0.15) is 12.1 Å². The lowest BCUT2D eigenvalue weighted by molar-refractivity contribution is -0.142. The standard InChI is InChI=1S/C37H44N4O5/c1-23(2)32(33(42)34(38)43)40-36(45)31-21-29(25-13-7-4-8-14-25)22-41(31)37(46)30(19-24-11-5-3-6-12-24)39-35(44)28-18-17-26-15-9-10-16-27(26)20-28/h4,7-10,13-18,20,23-24,29-32H,3,5-6,11-12,19,21-22H2,1-2H3,(H2,38,43)(H,39,44)(H,40,45)/t29-,30+,31-,32?/m0/s1. The highest BCUT2D eigenvalue weighted by molar-refractivity contribution is 6.38. The highest BCUT2D eigenvalue weighted by Gasteiger charge is 2.44. The fraction of sp³-hybridized carbons (Fsp3) is 0.432. The number of hydrogen-bond acceptors (Lipinski definition) is 5. The fourth-order valence-electron chi connectivity index (χ4n) is 6.98. The molecule has 1 saturated carbocycles. The van der Waals surface area contributed by atoms with Crippen molar-refractivity contribution in [1.82, 2.24) is 15.5 Å². The van der Waals surface area contributed by atoms with Gasteiger partial charge in [-0.3, -0.25) is 24.0 Å². The maximum Gasteiger partial charge on any atom is 0.287 e. The summed E-state index contributed by atoms with van der Waals surface area (Å²) in [5.74, 6) is -3.42. The zero-order chi connectivity index (χ0) is 32.8. The molecule has 9 heteroatoms. The summed E-state index contributed by atoms with van der Waals surface area (Å²) in [5.41, 5.74) is 6.74. The fourth-order valence-corrected chi connectivity index (χ4v) is 6.98. The number of ketones is 1. The lowest BCUT2D eigenvalue weighted by atomic mass is 9.84. The minimum Gasteiger partial charge on any atom is -0.363 e. The first-order valence-electron chi connectivity index (χ1n) is 16.4. The monoisotopic (exact) mass is 624 g/mol. The van der Waals surface area contributed by atoms with Crippen LogP contribution in [0.3, 0.4) is 0 Å². The van der Waals surface area contributed by atoms with Crippen molar-refractivity contribution in [2.45, 2.75) is 82.8 Å². The number of amides is 4. The lowest BCUT2D eigenvalue weighted by Gasteiger charge is -2.32. The molecule has 3 aromatic carbocycles. The van der Waals surface area contributed by atoms with Crippen LogP contribution in [0.2, 0.25) is 0 Å². The molecule has 0 spiro atoms. The van der Waals surface area contributed by atoms with E-state index < -0.39 is 35.7 Å². The van der Waals surface area contributed by atoms with Gasteiger partial charge in [-0.1, -0.05) is 107 Å². The number of nitrogens with two attached hydrogens (primary N) is 1. The lowest BCUT2D eigenvalue weighted by Crippen LogP contribution is -2.57. The molecule has 0 aromatic heterocycles. The van der Waals surface area contributed by atoms with Gasteiger partial charge in [0.2, 0.25) is 17.6 Å². The van der Waals surface area contributed by atoms with E-state index in [1.54, 1.807) is 24.8 Å². The molecule has 4 atom stereocenters. The highest BCUT2D eigenvalue weighted by Crippen LogP contribution is 2.34. The highest BCUT2D eigenvalue weighted by atomic mass is 16.2. The van der Waals surface area contributed by atoms with Gasteiger partial charge in [-0.05, 0) is 53.1 Å². The van der Waals surface area contributed by atoms with Crippen molar-refractivity contribution in [3.05, 3.63) is 83.9 Å². The van der Waals surface area contributed by atoms with E-state index in [1.165, 1.54) is 0 Å². The van der Waals surface area contributed by atoms with Gasteiger partial charge >= 0.3 is 0 Å². The smallest absolute Gasteiger partial charge is 0.287 e. The molecule has 5 rings (SSSR count). The van der Waals surface area contributed by atoms with Crippen molar-refractivity contribution in [3.63, 3.8) is 0 Å². The van der Waals surface area contributed by atoms with E-state index in [0.717, 1.165) is 48.4 Å². The van der Waals surface area contributed by atoms with Crippen LogP contribution in [0.5, 0.6) is 0 Å². The van der Waals surface area contributed by atoms with Crippen LogP contribution in [-0.2, 0) is 19.2 Å². The SMILES string of the molecule is CC(C)C(NC(=O)[C@@H]1C[C@H](c2ccccc2)CN1C(=O)[C@@H](CC1CCCCC1)NC(=O)c1ccc2ccccc2c1)C(=O)C(N)=O. The molecule has 46 heavy (non-hydrogen) atoms. The summed E-state index contributed by atoms with van der Waals surface area (Å²) in [4.78, 5) is 68.0. The molecule has 242 valence electrons. The van der Waals surface area contributed by atoms with Crippen LogP contribution in [0.25, 0.3) is 10.8 Å². The summed E-state index contributed by atoms with van der Waals surface area (Å²) in [6, 6.07) is 20.1. The number of carbonyl (C=O) groups excluding carboxylic acids is 5. The van der Waals surface area contributed by atoms with E-state index in [-0.39, 0.29) is 36.1 Å². The molecule has 1 saturated heterocycles. The van der Waals surface area contributed by atoms with Crippen molar-refractivity contribution in [1.29, 1.82) is 0 Å². The number of carbonyl (C=O) groups is 5. The third-order valence-electron chi connectivity index (χ3n) is 9.56. The second-order valence-corrected chi connectivity index (χ2v) is 13.1. The number of primary amides is 1. The molecule has 4 amide bonds. The normalized spacial score (nSPS) is 19.8. The van der Waals surface area contributed by atoms with Crippen LogP contribution in [-0.4, -0.2) is 59.0 Å². The summed E-state index contributed by atoms with van der Waals surface area (Å²) >= 11 is 0. The van der Waals surface area contributed by atoms with Crippen LogP contribution in [0.1, 0.15) is 80.6 Å². The number of fused-ring (bicyclic) bond motifs is 1. The van der Waals surface area contributed by atoms with Gasteiger partial charge in [0.05, 0.1) is 6.04 Å². The zero-order valence-corrected chi connectivity index (χ0v) is 26.6. The van der Waals surface area contributed by atoms with Crippen LogP contribution >= 0.6 is 0 Å². The van der Waals surface area contributed by atoms with Crippen molar-refractivity contribution in [2.24, 2.45) is 17.6 Å². The second kappa shape index (κ2) is 14.7. The number of nitrogens with zero attached hydrogens (tertiary/aromatic N) is 1. The number of hydrogen-bond donors (Lipinski definition) is 3. The van der Waals surface area contributed by atoms with Crippen LogP contribution in [0, 0.1) is 11.8 Å². The summed E-state index contributed by atoms with van der Waals surface area (Å²) in [6.45, 7) is 3.72. The van der Waals surface area contributed by atoms with Gasteiger partial charge in [0.15, 0.2) is 0 Å². The molecule has 1 heterocycles. The molecule has 2 fully saturated rings. The average Bonchev–Trinajstić information content (AvgIpc) is 3.52. The van der Waals surface area contributed by atoms with Crippen LogP contribution in [0.4, 0.5) is 0 Å². The van der Waals surface area contributed by atoms with E-state index in [0.29, 0.717) is 18.4 Å². The Hall–Kier alpha value is -4.53. The predicted octanol–water partition coefficient (Wildman–Crippen LogP) is 4.49. The number of Topliss-reactive ketones (excluding diaryl/α,β-unsaturated/α-hetero) is 1. The number of rotatable bonds is 11. The maximum atomic E-state index is 14.5.